The van der Waals surface area contributed by atoms with Crippen molar-refractivity contribution in [1.29, 1.82) is 0 Å². The molecule has 178 valence electrons. The van der Waals surface area contributed by atoms with Gasteiger partial charge in [0.05, 0.1) is 18.1 Å². The summed E-state index contributed by atoms with van der Waals surface area (Å²) >= 11 is 0. The lowest BCUT2D eigenvalue weighted by atomic mass is 10.0. The summed E-state index contributed by atoms with van der Waals surface area (Å²) in [6.07, 6.45) is 2.69. The SMILES string of the molecule is O=C(NCC[C@@H]1CCCCN1S(=O)(=O)c1ccc(F)cc1)C(=O)NCCN1CCOCC1. The van der Waals surface area contributed by atoms with E-state index in [1.165, 1.54) is 16.4 Å². The number of benzene rings is 1. The van der Waals surface area contributed by atoms with Gasteiger partial charge >= 0.3 is 11.8 Å². The van der Waals surface area contributed by atoms with Crippen LogP contribution in [-0.4, -0.2) is 88.0 Å². The fourth-order valence-corrected chi connectivity index (χ4v) is 5.71. The fraction of sp³-hybridized carbons (Fsp3) is 0.619. The Morgan fingerprint density at radius 2 is 1.66 bits per heavy atom. The first kappa shape index (κ1) is 24.6. The van der Waals surface area contributed by atoms with Crippen molar-refractivity contribution >= 4 is 21.8 Å². The maximum atomic E-state index is 13.2. The Morgan fingerprint density at radius 3 is 2.34 bits per heavy atom. The van der Waals surface area contributed by atoms with E-state index in [0.717, 1.165) is 38.1 Å². The number of carbonyl (C=O) groups is 2. The van der Waals surface area contributed by atoms with Crippen LogP contribution in [0.1, 0.15) is 25.7 Å². The lowest BCUT2D eigenvalue weighted by molar-refractivity contribution is -0.139. The molecule has 2 aliphatic heterocycles. The molecule has 0 spiro atoms. The molecule has 1 aromatic rings. The van der Waals surface area contributed by atoms with Crippen LogP contribution in [0.2, 0.25) is 0 Å². The van der Waals surface area contributed by atoms with E-state index in [1.54, 1.807) is 0 Å². The quantitative estimate of drug-likeness (QED) is 0.530. The van der Waals surface area contributed by atoms with E-state index in [4.69, 9.17) is 4.74 Å². The molecule has 32 heavy (non-hydrogen) atoms. The van der Waals surface area contributed by atoms with Crippen LogP contribution in [0.25, 0.3) is 0 Å². The zero-order valence-corrected chi connectivity index (χ0v) is 18.9. The lowest BCUT2D eigenvalue weighted by Gasteiger charge is -2.34. The van der Waals surface area contributed by atoms with Crippen LogP contribution in [-0.2, 0) is 24.3 Å². The molecular formula is C21H31FN4O5S. The van der Waals surface area contributed by atoms with Crippen LogP contribution in [0.4, 0.5) is 4.39 Å². The highest BCUT2D eigenvalue weighted by atomic mass is 32.2. The summed E-state index contributed by atoms with van der Waals surface area (Å²) in [5.74, 6) is -1.92. The minimum atomic E-state index is -3.76. The van der Waals surface area contributed by atoms with Crippen LogP contribution in [0.3, 0.4) is 0 Å². The van der Waals surface area contributed by atoms with E-state index in [2.05, 4.69) is 15.5 Å². The number of halogens is 1. The number of morpholine rings is 1. The Hall–Kier alpha value is -2.08. The Labute approximate surface area is 188 Å². The molecule has 2 aliphatic rings. The maximum Gasteiger partial charge on any atom is 0.309 e. The van der Waals surface area contributed by atoms with E-state index in [-0.39, 0.29) is 17.5 Å². The maximum absolute atomic E-state index is 13.2. The number of rotatable bonds is 8. The average Bonchev–Trinajstić information content (AvgIpc) is 2.80. The summed E-state index contributed by atoms with van der Waals surface area (Å²) in [6.45, 7) is 4.55. The average molecular weight is 471 g/mol. The molecule has 3 rings (SSSR count). The predicted octanol–water partition coefficient (Wildman–Crippen LogP) is 0.324. The first-order chi connectivity index (χ1) is 15.4. The van der Waals surface area contributed by atoms with E-state index in [0.29, 0.717) is 45.7 Å². The molecule has 0 aromatic heterocycles. The van der Waals surface area contributed by atoms with Gasteiger partial charge in [0.2, 0.25) is 10.0 Å². The van der Waals surface area contributed by atoms with E-state index < -0.39 is 27.7 Å². The van der Waals surface area contributed by atoms with Crippen molar-refractivity contribution < 1.29 is 27.1 Å². The fourth-order valence-electron chi connectivity index (χ4n) is 3.99. The van der Waals surface area contributed by atoms with Gasteiger partial charge in [0.1, 0.15) is 5.82 Å². The normalized spacial score (nSPS) is 20.6. The number of nitrogens with zero attached hydrogens (tertiary/aromatic N) is 2. The molecule has 2 amide bonds. The molecule has 2 N–H and O–H groups in total. The highest BCUT2D eigenvalue weighted by molar-refractivity contribution is 7.89. The molecular weight excluding hydrogens is 439 g/mol. The van der Waals surface area contributed by atoms with E-state index in [9.17, 15) is 22.4 Å². The number of nitrogens with one attached hydrogen (secondary N) is 2. The number of amides is 2. The molecule has 0 saturated carbocycles. The van der Waals surface area contributed by atoms with Crippen molar-refractivity contribution in [1.82, 2.24) is 19.8 Å². The van der Waals surface area contributed by atoms with Crippen molar-refractivity contribution in [2.45, 2.75) is 36.6 Å². The molecule has 0 radical (unpaired) electrons. The lowest BCUT2D eigenvalue weighted by Crippen LogP contribution is -2.47. The Bertz CT molecular complexity index is 875. The number of piperidine rings is 1. The van der Waals surface area contributed by atoms with Crippen molar-refractivity contribution in [2.75, 3.05) is 52.5 Å². The third kappa shape index (κ3) is 6.71. The molecule has 9 nitrogen and oxygen atoms in total. The summed E-state index contributed by atoms with van der Waals surface area (Å²) in [5.41, 5.74) is 0. The Balaban J connectivity index is 1.45. The van der Waals surface area contributed by atoms with Gasteiger partial charge in [-0.15, -0.1) is 0 Å². The molecule has 0 bridgehead atoms. The summed E-state index contributed by atoms with van der Waals surface area (Å²) in [4.78, 5) is 26.3. The molecule has 0 unspecified atom stereocenters. The molecule has 0 aliphatic carbocycles. The van der Waals surface area contributed by atoms with Gasteiger partial charge in [0.15, 0.2) is 0 Å². The van der Waals surface area contributed by atoms with Crippen LogP contribution < -0.4 is 10.6 Å². The molecule has 2 heterocycles. The van der Waals surface area contributed by atoms with Gasteiger partial charge in [-0.3, -0.25) is 14.5 Å². The molecule has 2 saturated heterocycles. The van der Waals surface area contributed by atoms with Gasteiger partial charge in [-0.05, 0) is 43.5 Å². The summed E-state index contributed by atoms with van der Waals surface area (Å²) < 4.78 is 45.9. The second-order valence-electron chi connectivity index (χ2n) is 7.97. The number of hydrogen-bond donors (Lipinski definition) is 2. The van der Waals surface area contributed by atoms with Gasteiger partial charge in [0.25, 0.3) is 0 Å². The van der Waals surface area contributed by atoms with Gasteiger partial charge in [-0.2, -0.15) is 4.31 Å². The molecule has 2 fully saturated rings. The highest BCUT2D eigenvalue weighted by Crippen LogP contribution is 2.27. The van der Waals surface area contributed by atoms with Gasteiger partial charge < -0.3 is 15.4 Å². The second-order valence-corrected chi connectivity index (χ2v) is 9.86. The summed E-state index contributed by atoms with van der Waals surface area (Å²) in [5, 5.41) is 5.19. The third-order valence-corrected chi connectivity index (χ3v) is 7.75. The first-order valence-corrected chi connectivity index (χ1v) is 12.5. The van der Waals surface area contributed by atoms with Crippen molar-refractivity contribution in [3.8, 4) is 0 Å². The standard InChI is InChI=1S/C21H31FN4O5S/c22-17-4-6-19(7-5-17)32(29,30)26-11-2-1-3-18(26)8-9-23-20(27)21(28)24-10-12-25-13-15-31-16-14-25/h4-7,18H,1-3,8-16H2,(H,23,27)(H,24,28)/t18-/m0/s1. The zero-order chi connectivity index (χ0) is 23.0. The number of ether oxygens (including phenoxy) is 1. The minimum Gasteiger partial charge on any atom is -0.379 e. The summed E-state index contributed by atoms with van der Waals surface area (Å²) in [7, 11) is -3.76. The van der Waals surface area contributed by atoms with Crippen LogP contribution in [0, 0.1) is 5.82 Å². The molecule has 11 heteroatoms. The minimum absolute atomic E-state index is 0.0504. The largest absolute Gasteiger partial charge is 0.379 e. The van der Waals surface area contributed by atoms with Gasteiger partial charge in [-0.1, -0.05) is 6.42 Å². The monoisotopic (exact) mass is 470 g/mol. The van der Waals surface area contributed by atoms with Crippen LogP contribution in [0.15, 0.2) is 29.2 Å². The predicted molar refractivity (Wildman–Crippen MR) is 116 cm³/mol. The third-order valence-electron chi connectivity index (χ3n) is 5.78. The van der Waals surface area contributed by atoms with Crippen molar-refractivity contribution in [3.63, 3.8) is 0 Å². The van der Waals surface area contributed by atoms with E-state index in [1.807, 2.05) is 0 Å². The topological polar surface area (TPSA) is 108 Å². The molecule has 1 atom stereocenters. The van der Waals surface area contributed by atoms with Gasteiger partial charge in [0, 0.05) is 45.3 Å². The zero-order valence-electron chi connectivity index (χ0n) is 18.1. The Morgan fingerprint density at radius 1 is 1.00 bits per heavy atom. The number of sulfonamides is 1. The van der Waals surface area contributed by atoms with Crippen molar-refractivity contribution in [2.24, 2.45) is 0 Å². The number of carbonyl (C=O) groups excluding carboxylic acids is 2. The second kappa shape index (κ2) is 11.7. The highest BCUT2D eigenvalue weighted by Gasteiger charge is 2.33. The Kier molecular flexibility index (Phi) is 8.97. The first-order valence-electron chi connectivity index (χ1n) is 11.0. The van der Waals surface area contributed by atoms with Gasteiger partial charge in [-0.25, -0.2) is 12.8 Å². The summed E-state index contributed by atoms with van der Waals surface area (Å²) in [6, 6.07) is 4.50. The van der Waals surface area contributed by atoms with Crippen LogP contribution >= 0.6 is 0 Å². The number of hydrogen-bond acceptors (Lipinski definition) is 6. The van der Waals surface area contributed by atoms with Crippen LogP contribution in [0.5, 0.6) is 0 Å². The van der Waals surface area contributed by atoms with Crippen molar-refractivity contribution in [3.05, 3.63) is 30.1 Å². The van der Waals surface area contributed by atoms with E-state index >= 15 is 0 Å². The molecule has 1 aromatic carbocycles. The smallest absolute Gasteiger partial charge is 0.309 e.